The van der Waals surface area contributed by atoms with E-state index in [-0.39, 0.29) is 17.5 Å². The van der Waals surface area contributed by atoms with Crippen LogP contribution in [0.15, 0.2) is 24.3 Å². The summed E-state index contributed by atoms with van der Waals surface area (Å²) in [6.07, 6.45) is 0.985. The van der Waals surface area contributed by atoms with Gasteiger partial charge in [-0.15, -0.1) is 0 Å². The Labute approximate surface area is 193 Å². The smallest absolute Gasteiger partial charge is 0.409 e. The summed E-state index contributed by atoms with van der Waals surface area (Å²) in [6, 6.07) is 7.56. The zero-order valence-corrected chi connectivity index (χ0v) is 19.8. The summed E-state index contributed by atoms with van der Waals surface area (Å²) in [7, 11) is -1.72. The average Bonchev–Trinajstić information content (AvgIpc) is 3.15. The number of ether oxygens (including phenoxy) is 1. The van der Waals surface area contributed by atoms with Crippen LogP contribution >= 0.6 is 0 Å². The van der Waals surface area contributed by atoms with Crippen LogP contribution in [-0.4, -0.2) is 71.7 Å². The van der Waals surface area contributed by atoms with Gasteiger partial charge in [-0.2, -0.15) is 0 Å². The van der Waals surface area contributed by atoms with E-state index in [2.05, 4.69) is 14.9 Å². The largest absolute Gasteiger partial charge is 0.453 e. The van der Waals surface area contributed by atoms with E-state index in [1.54, 1.807) is 0 Å². The van der Waals surface area contributed by atoms with Gasteiger partial charge in [0.1, 0.15) is 11.3 Å². The summed E-state index contributed by atoms with van der Waals surface area (Å²) >= 11 is 0. The Morgan fingerprint density at radius 2 is 2.03 bits per heavy atom. The summed E-state index contributed by atoms with van der Waals surface area (Å²) < 4.78 is 30.2. The van der Waals surface area contributed by atoms with Crippen molar-refractivity contribution in [2.45, 2.75) is 38.9 Å². The highest BCUT2D eigenvalue weighted by Crippen LogP contribution is 2.29. The van der Waals surface area contributed by atoms with Crippen LogP contribution in [-0.2, 0) is 27.7 Å². The van der Waals surface area contributed by atoms with Gasteiger partial charge in [-0.1, -0.05) is 25.1 Å². The number of carbonyl (C=O) groups excluding carboxylic acids is 1. The average molecular weight is 475 g/mol. The highest BCUT2D eigenvalue weighted by atomic mass is 32.2. The number of nitrogen functional groups attached to an aromatic ring is 1. The van der Waals surface area contributed by atoms with Gasteiger partial charge in [-0.3, -0.25) is 0 Å². The van der Waals surface area contributed by atoms with Crippen LogP contribution in [0.5, 0.6) is 0 Å². The number of hydrogen-bond donors (Lipinski definition) is 2. The molecule has 1 saturated heterocycles. The van der Waals surface area contributed by atoms with E-state index in [0.717, 1.165) is 35.2 Å². The maximum atomic E-state index is 12.2. The molecule has 1 aliphatic rings. The van der Waals surface area contributed by atoms with Gasteiger partial charge in [-0.05, 0) is 25.5 Å². The van der Waals surface area contributed by atoms with E-state index in [1.807, 2.05) is 31.2 Å². The van der Waals surface area contributed by atoms with Crippen molar-refractivity contribution in [1.82, 2.24) is 24.8 Å². The van der Waals surface area contributed by atoms with E-state index in [1.165, 1.54) is 12.0 Å². The number of nitrogens with one attached hydrogen (secondary N) is 1. The first-order valence-electron chi connectivity index (χ1n) is 11.1. The standard InChI is InChI=1S/C22H30N6O4S/c1-3-24-12-18-26-19-20(16-8-4-5-9-17(16)25-21(19)23)28(18)11-7-6-10-27(22(29)32-2)15-13-33(30,31)14-15/h4-5,8-9,15,24H,3,6-7,10-14H2,1-2H3,(H2,23,25). The predicted molar refractivity (Wildman–Crippen MR) is 128 cm³/mol. The lowest BCUT2D eigenvalue weighted by Crippen LogP contribution is -2.55. The van der Waals surface area contributed by atoms with Crippen molar-refractivity contribution in [2.75, 3.05) is 37.4 Å². The van der Waals surface area contributed by atoms with Crippen molar-refractivity contribution in [3.8, 4) is 0 Å². The van der Waals surface area contributed by atoms with Crippen molar-refractivity contribution in [3.63, 3.8) is 0 Å². The lowest BCUT2D eigenvalue weighted by molar-refractivity contribution is 0.109. The number of para-hydroxylation sites is 1. The molecule has 1 fully saturated rings. The molecule has 2 aromatic heterocycles. The van der Waals surface area contributed by atoms with Crippen molar-refractivity contribution in [2.24, 2.45) is 0 Å². The number of nitrogens with zero attached hydrogens (tertiary/aromatic N) is 4. The summed E-state index contributed by atoms with van der Waals surface area (Å²) in [5, 5.41) is 4.32. The van der Waals surface area contributed by atoms with Crippen LogP contribution in [0.3, 0.4) is 0 Å². The SMILES string of the molecule is CCNCc1nc2c(N)nc3ccccc3c2n1CCCCN(C(=O)OC)C1CS(=O)(=O)C1. The molecule has 0 aliphatic carbocycles. The van der Waals surface area contributed by atoms with E-state index in [9.17, 15) is 13.2 Å². The van der Waals surface area contributed by atoms with Crippen LogP contribution in [0.4, 0.5) is 10.6 Å². The molecule has 0 atom stereocenters. The minimum absolute atomic E-state index is 0.000635. The number of anilines is 1. The Hall–Kier alpha value is -2.92. The highest BCUT2D eigenvalue weighted by Gasteiger charge is 2.40. The Morgan fingerprint density at radius 1 is 1.27 bits per heavy atom. The molecule has 3 heterocycles. The Balaban J connectivity index is 1.55. The third-order valence-corrected chi connectivity index (χ3v) is 7.78. The topological polar surface area (TPSA) is 132 Å². The second-order valence-corrected chi connectivity index (χ2v) is 10.4. The van der Waals surface area contributed by atoms with Crippen molar-refractivity contribution in [1.29, 1.82) is 0 Å². The fourth-order valence-corrected chi connectivity index (χ4v) is 5.76. The quantitative estimate of drug-likeness (QED) is 0.450. The number of amides is 1. The molecule has 1 aromatic carbocycles. The molecule has 33 heavy (non-hydrogen) atoms. The third kappa shape index (κ3) is 4.74. The number of unbranched alkanes of at least 4 members (excludes halogenated alkanes) is 1. The summed E-state index contributed by atoms with van der Waals surface area (Å²) in [6.45, 7) is 4.58. The minimum Gasteiger partial charge on any atom is -0.453 e. The van der Waals surface area contributed by atoms with Crippen molar-refractivity contribution in [3.05, 3.63) is 30.1 Å². The van der Waals surface area contributed by atoms with Crippen LogP contribution in [0.25, 0.3) is 21.9 Å². The number of hydrogen-bond acceptors (Lipinski definition) is 8. The molecule has 0 unspecified atom stereocenters. The fourth-order valence-electron chi connectivity index (χ4n) is 4.33. The van der Waals surface area contributed by atoms with Gasteiger partial charge in [0, 0.05) is 18.5 Å². The first kappa shape index (κ1) is 23.2. The van der Waals surface area contributed by atoms with Gasteiger partial charge >= 0.3 is 6.09 Å². The van der Waals surface area contributed by atoms with E-state index in [4.69, 9.17) is 15.5 Å². The van der Waals surface area contributed by atoms with Gasteiger partial charge in [0.2, 0.25) is 0 Å². The normalized spacial score (nSPS) is 15.6. The lowest BCUT2D eigenvalue weighted by atomic mass is 10.2. The molecular formula is C22H30N6O4S. The molecule has 0 spiro atoms. The number of carbonyl (C=O) groups is 1. The predicted octanol–water partition coefficient (Wildman–Crippen LogP) is 1.92. The van der Waals surface area contributed by atoms with Gasteiger partial charge in [0.15, 0.2) is 15.7 Å². The molecule has 0 saturated carbocycles. The zero-order chi connectivity index (χ0) is 23.6. The number of aromatic nitrogens is 3. The number of benzene rings is 1. The Bertz CT molecular complexity index is 1260. The number of fused-ring (bicyclic) bond motifs is 3. The highest BCUT2D eigenvalue weighted by molar-refractivity contribution is 7.92. The molecule has 11 heteroatoms. The molecule has 1 amide bonds. The summed E-state index contributed by atoms with van der Waals surface area (Å²) in [5.74, 6) is 1.29. The molecule has 0 radical (unpaired) electrons. The van der Waals surface area contributed by atoms with Crippen molar-refractivity contribution >= 4 is 43.7 Å². The molecule has 178 valence electrons. The molecule has 3 aromatic rings. The van der Waals surface area contributed by atoms with Gasteiger partial charge in [-0.25, -0.2) is 23.2 Å². The molecular weight excluding hydrogens is 444 g/mol. The minimum atomic E-state index is -3.03. The van der Waals surface area contributed by atoms with E-state index >= 15 is 0 Å². The summed E-state index contributed by atoms with van der Waals surface area (Å²) in [5.41, 5.74) is 8.71. The van der Waals surface area contributed by atoms with Crippen LogP contribution in [0.1, 0.15) is 25.6 Å². The van der Waals surface area contributed by atoms with Crippen LogP contribution in [0.2, 0.25) is 0 Å². The molecule has 3 N–H and O–H groups in total. The van der Waals surface area contributed by atoms with E-state index in [0.29, 0.717) is 37.4 Å². The van der Waals surface area contributed by atoms with Gasteiger partial charge in [0.05, 0.1) is 42.2 Å². The molecule has 1 aliphatic heterocycles. The number of methoxy groups -OCH3 is 1. The van der Waals surface area contributed by atoms with Crippen molar-refractivity contribution < 1.29 is 17.9 Å². The first-order chi connectivity index (χ1) is 15.8. The van der Waals surface area contributed by atoms with E-state index < -0.39 is 15.9 Å². The molecule has 0 bridgehead atoms. The van der Waals surface area contributed by atoms with Crippen LogP contribution < -0.4 is 11.1 Å². The molecule has 4 rings (SSSR count). The molecule has 10 nitrogen and oxygen atoms in total. The van der Waals surface area contributed by atoms with Gasteiger partial charge in [0.25, 0.3) is 0 Å². The number of aryl methyl sites for hydroxylation is 1. The third-order valence-electron chi connectivity index (χ3n) is 6.00. The number of rotatable bonds is 9. The number of imidazole rings is 1. The number of sulfone groups is 1. The van der Waals surface area contributed by atoms with Crippen LogP contribution in [0, 0.1) is 0 Å². The monoisotopic (exact) mass is 474 g/mol. The zero-order valence-electron chi connectivity index (χ0n) is 19.0. The maximum absolute atomic E-state index is 12.2. The second kappa shape index (κ2) is 9.52. The fraction of sp³-hybridized carbons (Fsp3) is 0.500. The maximum Gasteiger partial charge on any atom is 0.409 e. The lowest BCUT2D eigenvalue weighted by Gasteiger charge is -2.36. The second-order valence-electron chi connectivity index (χ2n) is 8.27. The Morgan fingerprint density at radius 3 is 2.73 bits per heavy atom. The number of pyridine rings is 1. The number of nitrogens with two attached hydrogens (primary N) is 1. The summed E-state index contributed by atoms with van der Waals surface area (Å²) in [4.78, 5) is 23.0. The first-order valence-corrected chi connectivity index (χ1v) is 13.0. The Kier molecular flexibility index (Phi) is 6.71. The van der Waals surface area contributed by atoms with Gasteiger partial charge < -0.3 is 25.3 Å².